The third-order valence-electron chi connectivity index (χ3n) is 3.93. The van der Waals surface area contributed by atoms with Crippen molar-refractivity contribution in [3.8, 4) is 22.5 Å². The lowest BCUT2D eigenvalue weighted by atomic mass is 10.0. The zero-order valence-corrected chi connectivity index (χ0v) is 15.8. The van der Waals surface area contributed by atoms with Gasteiger partial charge in [-0.15, -0.1) is 0 Å². The molecule has 0 bridgehead atoms. The van der Waals surface area contributed by atoms with E-state index in [1.54, 1.807) is 48.5 Å². The Hall–Kier alpha value is -2.60. The summed E-state index contributed by atoms with van der Waals surface area (Å²) < 4.78 is 0. The third kappa shape index (κ3) is 4.39. The molecule has 0 spiro atoms. The summed E-state index contributed by atoms with van der Waals surface area (Å²) in [6.07, 6.45) is 0. The number of pyridine rings is 1. The predicted molar refractivity (Wildman–Crippen MR) is 109 cm³/mol. The van der Waals surface area contributed by atoms with Gasteiger partial charge in [-0.2, -0.15) is 0 Å². The lowest BCUT2D eigenvalue weighted by Gasteiger charge is -2.11. The van der Waals surface area contributed by atoms with Crippen LogP contribution in [0.15, 0.2) is 54.6 Å². The summed E-state index contributed by atoms with van der Waals surface area (Å²) in [6, 6.07) is 15.7. The fourth-order valence-electron chi connectivity index (χ4n) is 2.63. The molecule has 0 aliphatic heterocycles. The van der Waals surface area contributed by atoms with Crippen molar-refractivity contribution in [2.24, 2.45) is 0 Å². The molecule has 0 atom stereocenters. The zero-order chi connectivity index (χ0) is 19.4. The van der Waals surface area contributed by atoms with Crippen LogP contribution in [0.25, 0.3) is 22.5 Å². The number of carbonyl (C=O) groups excluding carboxylic acids is 1. The maximum Gasteiger partial charge on any atom is 0.251 e. The number of hydrogen-bond acceptors (Lipinski definition) is 4. The SMILES string of the molecule is Nc1ccc(-c2ccc(Cl)cc2Cl)nc1-c1cccc(C(=O)NCCO)c1. The monoisotopic (exact) mass is 401 g/mol. The molecule has 1 aromatic heterocycles. The number of anilines is 1. The summed E-state index contributed by atoms with van der Waals surface area (Å²) in [5.41, 5.74) is 9.70. The van der Waals surface area contributed by atoms with E-state index in [4.69, 9.17) is 34.0 Å². The Morgan fingerprint density at radius 3 is 2.67 bits per heavy atom. The van der Waals surface area contributed by atoms with E-state index >= 15 is 0 Å². The Balaban J connectivity index is 2.01. The van der Waals surface area contributed by atoms with Gasteiger partial charge in [-0.05, 0) is 42.5 Å². The second-order valence-corrected chi connectivity index (χ2v) is 6.66. The van der Waals surface area contributed by atoms with Crippen LogP contribution in [0.4, 0.5) is 5.69 Å². The molecule has 1 heterocycles. The van der Waals surface area contributed by atoms with Crippen LogP contribution in [0.3, 0.4) is 0 Å². The molecule has 1 amide bonds. The number of hydrogen-bond donors (Lipinski definition) is 3. The van der Waals surface area contributed by atoms with Gasteiger partial charge in [0.15, 0.2) is 0 Å². The number of halogens is 2. The maximum absolute atomic E-state index is 12.1. The van der Waals surface area contributed by atoms with Crippen LogP contribution in [-0.4, -0.2) is 29.1 Å². The molecule has 0 saturated carbocycles. The molecule has 7 heteroatoms. The second-order valence-electron chi connectivity index (χ2n) is 5.82. The van der Waals surface area contributed by atoms with Gasteiger partial charge in [-0.25, -0.2) is 4.98 Å². The van der Waals surface area contributed by atoms with Gasteiger partial charge in [0.25, 0.3) is 5.91 Å². The Morgan fingerprint density at radius 1 is 1.11 bits per heavy atom. The molecule has 27 heavy (non-hydrogen) atoms. The van der Waals surface area contributed by atoms with Crippen molar-refractivity contribution in [1.82, 2.24) is 10.3 Å². The minimum atomic E-state index is -0.277. The van der Waals surface area contributed by atoms with E-state index < -0.39 is 0 Å². The minimum absolute atomic E-state index is 0.121. The Morgan fingerprint density at radius 2 is 1.93 bits per heavy atom. The highest BCUT2D eigenvalue weighted by Gasteiger charge is 2.12. The van der Waals surface area contributed by atoms with Gasteiger partial charge in [-0.3, -0.25) is 4.79 Å². The first-order chi connectivity index (χ1) is 13.0. The first-order valence-electron chi connectivity index (χ1n) is 8.21. The first kappa shape index (κ1) is 19.2. The Labute approximate surface area is 166 Å². The number of amides is 1. The van der Waals surface area contributed by atoms with Crippen LogP contribution in [0, 0.1) is 0 Å². The molecule has 4 N–H and O–H groups in total. The van der Waals surface area contributed by atoms with E-state index in [0.29, 0.717) is 38.2 Å². The Kier molecular flexibility index (Phi) is 5.96. The van der Waals surface area contributed by atoms with Crippen molar-refractivity contribution >= 4 is 34.8 Å². The second kappa shape index (κ2) is 8.39. The average molecular weight is 402 g/mol. The number of carbonyl (C=O) groups is 1. The molecule has 0 saturated heterocycles. The molecule has 0 radical (unpaired) electrons. The largest absolute Gasteiger partial charge is 0.397 e. The predicted octanol–water partition coefficient (Wildman–Crippen LogP) is 4.03. The van der Waals surface area contributed by atoms with E-state index in [1.807, 2.05) is 6.07 Å². The smallest absolute Gasteiger partial charge is 0.251 e. The van der Waals surface area contributed by atoms with Gasteiger partial charge in [0.1, 0.15) is 0 Å². The number of nitrogens with zero attached hydrogens (tertiary/aromatic N) is 1. The molecule has 3 aromatic rings. The van der Waals surface area contributed by atoms with Gasteiger partial charge < -0.3 is 16.2 Å². The fourth-order valence-corrected chi connectivity index (χ4v) is 3.13. The van der Waals surface area contributed by atoms with E-state index in [2.05, 4.69) is 10.3 Å². The van der Waals surface area contributed by atoms with Crippen molar-refractivity contribution in [2.45, 2.75) is 0 Å². The van der Waals surface area contributed by atoms with E-state index in [9.17, 15) is 4.79 Å². The lowest BCUT2D eigenvalue weighted by Crippen LogP contribution is -2.26. The van der Waals surface area contributed by atoms with Crippen molar-refractivity contribution in [2.75, 3.05) is 18.9 Å². The number of aliphatic hydroxyl groups is 1. The van der Waals surface area contributed by atoms with Crippen molar-refractivity contribution in [3.63, 3.8) is 0 Å². The van der Waals surface area contributed by atoms with Gasteiger partial charge in [-0.1, -0.05) is 35.3 Å². The quantitative estimate of drug-likeness (QED) is 0.601. The van der Waals surface area contributed by atoms with Crippen LogP contribution < -0.4 is 11.1 Å². The molecular weight excluding hydrogens is 385 g/mol. The molecular formula is C20H17Cl2N3O2. The van der Waals surface area contributed by atoms with Crippen molar-refractivity contribution in [1.29, 1.82) is 0 Å². The van der Waals surface area contributed by atoms with Gasteiger partial charge in [0, 0.05) is 28.3 Å². The number of aromatic nitrogens is 1. The van der Waals surface area contributed by atoms with Gasteiger partial charge in [0.2, 0.25) is 0 Å². The average Bonchev–Trinajstić information content (AvgIpc) is 2.67. The fraction of sp³-hybridized carbons (Fsp3) is 0.100. The molecule has 5 nitrogen and oxygen atoms in total. The number of nitrogens with two attached hydrogens (primary N) is 1. The summed E-state index contributed by atoms with van der Waals surface area (Å²) in [4.78, 5) is 16.8. The highest BCUT2D eigenvalue weighted by Crippen LogP contribution is 2.32. The molecule has 0 fully saturated rings. The number of nitrogen functional groups attached to an aromatic ring is 1. The van der Waals surface area contributed by atoms with Crippen LogP contribution in [0.2, 0.25) is 10.0 Å². The van der Waals surface area contributed by atoms with Gasteiger partial charge >= 0.3 is 0 Å². The Bertz CT molecular complexity index is 993. The lowest BCUT2D eigenvalue weighted by molar-refractivity contribution is 0.0945. The van der Waals surface area contributed by atoms with Crippen molar-refractivity contribution in [3.05, 3.63) is 70.2 Å². The summed E-state index contributed by atoms with van der Waals surface area (Å²) in [5, 5.41) is 12.5. The summed E-state index contributed by atoms with van der Waals surface area (Å²) in [5.74, 6) is -0.277. The molecule has 2 aromatic carbocycles. The molecule has 0 aliphatic rings. The summed E-state index contributed by atoms with van der Waals surface area (Å²) in [6.45, 7) is 0.0673. The van der Waals surface area contributed by atoms with E-state index in [1.165, 1.54) is 0 Å². The minimum Gasteiger partial charge on any atom is -0.397 e. The van der Waals surface area contributed by atoms with Crippen molar-refractivity contribution < 1.29 is 9.90 Å². The molecule has 138 valence electrons. The number of rotatable bonds is 5. The highest BCUT2D eigenvalue weighted by atomic mass is 35.5. The first-order valence-corrected chi connectivity index (χ1v) is 8.96. The summed E-state index contributed by atoms with van der Waals surface area (Å²) >= 11 is 12.3. The van der Waals surface area contributed by atoms with Crippen LogP contribution in [-0.2, 0) is 0 Å². The molecule has 0 unspecified atom stereocenters. The van der Waals surface area contributed by atoms with E-state index in [-0.39, 0.29) is 19.1 Å². The van der Waals surface area contributed by atoms with Crippen LogP contribution in [0.1, 0.15) is 10.4 Å². The van der Waals surface area contributed by atoms with E-state index in [0.717, 1.165) is 5.56 Å². The highest BCUT2D eigenvalue weighted by molar-refractivity contribution is 6.36. The third-order valence-corrected chi connectivity index (χ3v) is 4.48. The normalized spacial score (nSPS) is 10.6. The number of nitrogens with one attached hydrogen (secondary N) is 1. The number of benzene rings is 2. The van der Waals surface area contributed by atoms with Crippen LogP contribution in [0.5, 0.6) is 0 Å². The summed E-state index contributed by atoms with van der Waals surface area (Å²) in [7, 11) is 0. The zero-order valence-electron chi connectivity index (χ0n) is 14.2. The van der Waals surface area contributed by atoms with Crippen LogP contribution >= 0.6 is 23.2 Å². The standard InChI is InChI=1S/C20H17Cl2N3O2/c21-14-4-5-15(16(22)11-14)18-7-6-17(23)19(25-18)12-2-1-3-13(10-12)20(27)24-8-9-26/h1-7,10-11,26H,8-9,23H2,(H,24,27). The maximum atomic E-state index is 12.1. The molecule has 0 aliphatic carbocycles. The topological polar surface area (TPSA) is 88.2 Å². The molecule has 3 rings (SSSR count). The van der Waals surface area contributed by atoms with Gasteiger partial charge in [0.05, 0.1) is 28.7 Å². The number of aliphatic hydroxyl groups excluding tert-OH is 1.